The Balaban J connectivity index is 1.65. The Labute approximate surface area is 115 Å². The summed E-state index contributed by atoms with van der Waals surface area (Å²) in [5.74, 6) is 1.02. The maximum Gasteiger partial charge on any atom is 0.306 e. The summed E-state index contributed by atoms with van der Waals surface area (Å²) in [6.07, 6.45) is 3.66. The molecule has 3 rings (SSSR count). The number of hydrogen-bond donors (Lipinski definition) is 2. The number of thioether (sulfide) groups is 1. The smallest absolute Gasteiger partial charge is 0.306 e. The standard InChI is InChI=1S/C12H17N3O3S/c16-9(5-10(17)18)6-19-12-14-13-11(7-1-2-7)15(12)8-3-4-8/h7-9,16H,1-6H2,(H,17,18). The van der Waals surface area contributed by atoms with Gasteiger partial charge in [0.2, 0.25) is 0 Å². The average molecular weight is 283 g/mol. The molecule has 0 aliphatic heterocycles. The van der Waals surface area contributed by atoms with Crippen LogP contribution in [-0.4, -0.2) is 42.8 Å². The fourth-order valence-electron chi connectivity index (χ4n) is 2.11. The molecule has 0 saturated heterocycles. The first-order valence-electron chi connectivity index (χ1n) is 6.62. The highest BCUT2D eigenvalue weighted by Crippen LogP contribution is 2.46. The van der Waals surface area contributed by atoms with Gasteiger partial charge in [-0.3, -0.25) is 4.79 Å². The molecule has 0 aromatic carbocycles. The fourth-order valence-corrected chi connectivity index (χ4v) is 3.05. The molecule has 2 aliphatic carbocycles. The van der Waals surface area contributed by atoms with E-state index >= 15 is 0 Å². The number of carbonyl (C=O) groups is 1. The van der Waals surface area contributed by atoms with Gasteiger partial charge in [0.05, 0.1) is 12.5 Å². The second-order valence-corrected chi connectivity index (χ2v) is 6.27. The van der Waals surface area contributed by atoms with Crippen LogP contribution in [0.25, 0.3) is 0 Å². The minimum atomic E-state index is -0.976. The van der Waals surface area contributed by atoms with Crippen LogP contribution in [0.4, 0.5) is 0 Å². The van der Waals surface area contributed by atoms with Gasteiger partial charge in [-0.05, 0) is 25.7 Å². The summed E-state index contributed by atoms with van der Waals surface area (Å²) in [5.41, 5.74) is 0. The third-order valence-electron chi connectivity index (χ3n) is 3.36. The summed E-state index contributed by atoms with van der Waals surface area (Å²) in [6, 6.07) is 0.518. The van der Waals surface area contributed by atoms with Crippen molar-refractivity contribution >= 4 is 17.7 Å². The molecule has 19 heavy (non-hydrogen) atoms. The molecule has 6 nitrogen and oxygen atoms in total. The molecule has 1 aromatic heterocycles. The van der Waals surface area contributed by atoms with Gasteiger partial charge in [-0.1, -0.05) is 11.8 Å². The number of carboxylic acid groups (broad SMARTS) is 1. The second kappa shape index (κ2) is 5.13. The zero-order chi connectivity index (χ0) is 13.4. The van der Waals surface area contributed by atoms with Crippen molar-refractivity contribution in [2.45, 2.75) is 55.3 Å². The first kappa shape index (κ1) is 12.9. The van der Waals surface area contributed by atoms with Crippen molar-refractivity contribution < 1.29 is 15.0 Å². The van der Waals surface area contributed by atoms with E-state index in [1.807, 2.05) is 0 Å². The van der Waals surface area contributed by atoms with Crippen molar-refractivity contribution in [1.29, 1.82) is 0 Å². The third-order valence-corrected chi connectivity index (χ3v) is 4.45. The van der Waals surface area contributed by atoms with Gasteiger partial charge >= 0.3 is 5.97 Å². The molecule has 7 heteroatoms. The summed E-state index contributed by atoms with van der Waals surface area (Å²) < 4.78 is 2.20. The van der Waals surface area contributed by atoms with E-state index in [1.54, 1.807) is 0 Å². The summed E-state index contributed by atoms with van der Waals surface area (Å²) in [4.78, 5) is 10.5. The molecular formula is C12H17N3O3S. The van der Waals surface area contributed by atoms with Crippen LogP contribution in [0, 0.1) is 0 Å². The molecule has 2 saturated carbocycles. The molecule has 1 aromatic rings. The highest BCUT2D eigenvalue weighted by molar-refractivity contribution is 7.99. The average Bonchev–Trinajstić information content (AvgIpc) is 3.24. The number of aliphatic hydroxyl groups is 1. The Kier molecular flexibility index (Phi) is 3.49. The summed E-state index contributed by atoms with van der Waals surface area (Å²) in [6.45, 7) is 0. The van der Waals surface area contributed by atoms with Crippen molar-refractivity contribution in [3.8, 4) is 0 Å². The maximum atomic E-state index is 10.5. The summed E-state index contributed by atoms with van der Waals surface area (Å²) >= 11 is 1.41. The molecule has 1 atom stereocenters. The normalized spacial score (nSPS) is 20.5. The molecule has 2 aliphatic rings. The number of carboxylic acids is 1. The summed E-state index contributed by atoms with van der Waals surface area (Å²) in [7, 11) is 0. The van der Waals surface area contributed by atoms with E-state index in [-0.39, 0.29) is 6.42 Å². The van der Waals surface area contributed by atoms with Crippen LogP contribution in [0.1, 0.15) is 49.9 Å². The molecule has 1 unspecified atom stereocenters. The molecule has 1 heterocycles. The highest BCUT2D eigenvalue weighted by atomic mass is 32.2. The van der Waals surface area contributed by atoms with Crippen LogP contribution in [0.3, 0.4) is 0 Å². The second-order valence-electron chi connectivity index (χ2n) is 5.28. The number of aliphatic carboxylic acids is 1. The quantitative estimate of drug-likeness (QED) is 0.736. The third kappa shape index (κ3) is 3.09. The zero-order valence-electron chi connectivity index (χ0n) is 10.5. The monoisotopic (exact) mass is 283 g/mol. The minimum absolute atomic E-state index is 0.222. The Morgan fingerprint density at radius 3 is 2.68 bits per heavy atom. The number of nitrogens with zero attached hydrogens (tertiary/aromatic N) is 3. The van der Waals surface area contributed by atoms with Gasteiger partial charge in [-0.25, -0.2) is 0 Å². The van der Waals surface area contributed by atoms with Crippen LogP contribution in [-0.2, 0) is 4.79 Å². The van der Waals surface area contributed by atoms with E-state index in [1.165, 1.54) is 37.4 Å². The minimum Gasteiger partial charge on any atom is -0.481 e. The van der Waals surface area contributed by atoms with Crippen molar-refractivity contribution in [1.82, 2.24) is 14.8 Å². The molecule has 0 radical (unpaired) electrons. The number of hydrogen-bond acceptors (Lipinski definition) is 5. The number of aliphatic hydroxyl groups excluding tert-OH is 1. The molecule has 2 fully saturated rings. The first-order chi connectivity index (χ1) is 9.15. The lowest BCUT2D eigenvalue weighted by molar-refractivity contribution is -0.138. The van der Waals surface area contributed by atoms with Gasteiger partial charge in [0.15, 0.2) is 5.16 Å². The van der Waals surface area contributed by atoms with E-state index in [9.17, 15) is 9.90 Å². The Morgan fingerprint density at radius 2 is 2.11 bits per heavy atom. The van der Waals surface area contributed by atoms with Crippen molar-refractivity contribution in [2.24, 2.45) is 0 Å². The van der Waals surface area contributed by atoms with Gasteiger partial charge in [0, 0.05) is 17.7 Å². The molecule has 104 valence electrons. The maximum absolute atomic E-state index is 10.5. The van der Waals surface area contributed by atoms with Crippen molar-refractivity contribution in [3.05, 3.63) is 5.82 Å². The predicted molar refractivity (Wildman–Crippen MR) is 69.3 cm³/mol. The Morgan fingerprint density at radius 1 is 1.37 bits per heavy atom. The van der Waals surface area contributed by atoms with Crippen molar-refractivity contribution in [2.75, 3.05) is 5.75 Å². The van der Waals surface area contributed by atoms with Gasteiger partial charge in [0.1, 0.15) is 5.82 Å². The van der Waals surface area contributed by atoms with E-state index in [4.69, 9.17) is 5.11 Å². The lowest BCUT2D eigenvalue weighted by Gasteiger charge is -2.10. The Hall–Kier alpha value is -1.08. The first-order valence-corrected chi connectivity index (χ1v) is 7.61. The van der Waals surface area contributed by atoms with Crippen LogP contribution in [0.15, 0.2) is 5.16 Å². The van der Waals surface area contributed by atoms with E-state index in [0.717, 1.165) is 11.0 Å². The highest BCUT2D eigenvalue weighted by Gasteiger charge is 2.36. The molecule has 0 amide bonds. The molecule has 2 N–H and O–H groups in total. The molecule has 0 bridgehead atoms. The predicted octanol–water partition coefficient (Wildman–Crippen LogP) is 1.42. The zero-order valence-corrected chi connectivity index (χ0v) is 11.3. The van der Waals surface area contributed by atoms with Gasteiger partial charge in [-0.2, -0.15) is 0 Å². The van der Waals surface area contributed by atoms with Crippen LogP contribution < -0.4 is 0 Å². The van der Waals surface area contributed by atoms with Gasteiger partial charge in [0.25, 0.3) is 0 Å². The summed E-state index contributed by atoms with van der Waals surface area (Å²) in [5, 5.41) is 27.5. The SMILES string of the molecule is O=C(O)CC(O)CSc1nnc(C2CC2)n1C1CC1. The van der Waals surface area contributed by atoms with Gasteiger partial charge in [-0.15, -0.1) is 10.2 Å². The lowest BCUT2D eigenvalue weighted by atomic mass is 10.3. The number of rotatable bonds is 7. The van der Waals surface area contributed by atoms with E-state index < -0.39 is 12.1 Å². The largest absolute Gasteiger partial charge is 0.481 e. The fraction of sp³-hybridized carbons (Fsp3) is 0.750. The molecular weight excluding hydrogens is 266 g/mol. The van der Waals surface area contributed by atoms with Crippen LogP contribution >= 0.6 is 11.8 Å². The molecule has 0 spiro atoms. The van der Waals surface area contributed by atoms with E-state index in [2.05, 4.69) is 14.8 Å². The van der Waals surface area contributed by atoms with Crippen LogP contribution in [0.2, 0.25) is 0 Å². The van der Waals surface area contributed by atoms with Gasteiger partial charge < -0.3 is 14.8 Å². The lowest BCUT2D eigenvalue weighted by Crippen LogP contribution is -2.15. The van der Waals surface area contributed by atoms with Crippen LogP contribution in [0.5, 0.6) is 0 Å². The van der Waals surface area contributed by atoms with E-state index in [0.29, 0.717) is 17.7 Å². The van der Waals surface area contributed by atoms with Crippen molar-refractivity contribution in [3.63, 3.8) is 0 Å². The topological polar surface area (TPSA) is 88.2 Å². The Bertz CT molecular complexity index is 483. The number of aromatic nitrogens is 3.